The van der Waals surface area contributed by atoms with Crippen molar-refractivity contribution in [3.05, 3.63) is 35.5 Å². The Morgan fingerprint density at radius 2 is 1.91 bits per heavy atom. The van der Waals surface area contributed by atoms with Gasteiger partial charge in [-0.15, -0.1) is 0 Å². The zero-order valence-corrected chi connectivity index (χ0v) is 21.2. The van der Waals surface area contributed by atoms with Gasteiger partial charge in [-0.2, -0.15) is 10.1 Å². The SMILES string of the molecule is CCCCN(CCO)c1nc(N)nc2cn(Cc3ccc(CN4CCN(C)CC4)cc3OC)nc12. The van der Waals surface area contributed by atoms with Crippen molar-refractivity contribution in [3.63, 3.8) is 0 Å². The number of piperazine rings is 1. The van der Waals surface area contributed by atoms with Crippen LogP contribution in [0.15, 0.2) is 24.4 Å². The number of methoxy groups -OCH3 is 1. The second-order valence-electron chi connectivity index (χ2n) is 9.26. The maximum atomic E-state index is 9.57. The van der Waals surface area contributed by atoms with Gasteiger partial charge in [-0.3, -0.25) is 9.58 Å². The molecule has 35 heavy (non-hydrogen) atoms. The first-order valence-corrected chi connectivity index (χ1v) is 12.4. The number of fused-ring (bicyclic) bond motifs is 1. The summed E-state index contributed by atoms with van der Waals surface area (Å²) in [5.74, 6) is 1.73. The van der Waals surface area contributed by atoms with Gasteiger partial charge in [0.15, 0.2) is 11.3 Å². The normalized spacial score (nSPS) is 15.1. The van der Waals surface area contributed by atoms with Gasteiger partial charge in [0.2, 0.25) is 5.95 Å². The molecule has 1 fully saturated rings. The van der Waals surface area contributed by atoms with E-state index in [1.807, 2.05) is 15.8 Å². The Kier molecular flexibility index (Phi) is 8.37. The van der Waals surface area contributed by atoms with Gasteiger partial charge in [0.05, 0.1) is 26.5 Å². The van der Waals surface area contributed by atoms with Crippen LogP contribution in [-0.4, -0.2) is 94.7 Å². The maximum absolute atomic E-state index is 9.57. The first-order valence-electron chi connectivity index (χ1n) is 12.4. The number of rotatable bonds is 11. The fourth-order valence-electron chi connectivity index (χ4n) is 4.51. The van der Waals surface area contributed by atoms with E-state index in [9.17, 15) is 5.11 Å². The number of benzene rings is 1. The molecule has 0 saturated carbocycles. The van der Waals surface area contributed by atoms with Crippen LogP contribution in [0.25, 0.3) is 11.0 Å². The number of unbranched alkanes of at least 4 members (excludes halogenated alkanes) is 1. The molecule has 1 aliphatic rings. The highest BCUT2D eigenvalue weighted by atomic mass is 16.5. The fourth-order valence-corrected chi connectivity index (χ4v) is 4.51. The van der Waals surface area contributed by atoms with Gasteiger partial charge in [0.1, 0.15) is 11.3 Å². The van der Waals surface area contributed by atoms with E-state index in [1.54, 1.807) is 7.11 Å². The third-order valence-corrected chi connectivity index (χ3v) is 6.55. The van der Waals surface area contributed by atoms with Crippen molar-refractivity contribution >= 4 is 22.8 Å². The van der Waals surface area contributed by atoms with Gasteiger partial charge in [0.25, 0.3) is 0 Å². The highest BCUT2D eigenvalue weighted by Crippen LogP contribution is 2.26. The Morgan fingerprint density at radius 1 is 1.11 bits per heavy atom. The minimum Gasteiger partial charge on any atom is -0.496 e. The number of aromatic nitrogens is 4. The highest BCUT2D eigenvalue weighted by molar-refractivity contribution is 5.86. The van der Waals surface area contributed by atoms with Crippen LogP contribution in [0.1, 0.15) is 30.9 Å². The summed E-state index contributed by atoms with van der Waals surface area (Å²) >= 11 is 0. The van der Waals surface area contributed by atoms with Gasteiger partial charge < -0.3 is 25.4 Å². The molecule has 1 aromatic carbocycles. The molecule has 10 nitrogen and oxygen atoms in total. The lowest BCUT2D eigenvalue weighted by Gasteiger charge is -2.32. The molecule has 0 bridgehead atoms. The van der Waals surface area contributed by atoms with E-state index in [1.165, 1.54) is 5.56 Å². The van der Waals surface area contributed by atoms with Gasteiger partial charge in [0, 0.05) is 51.4 Å². The van der Waals surface area contributed by atoms with Crippen molar-refractivity contribution in [2.75, 3.05) is 70.7 Å². The summed E-state index contributed by atoms with van der Waals surface area (Å²) in [6, 6.07) is 6.43. The molecule has 3 heterocycles. The number of ether oxygens (including phenoxy) is 1. The predicted octanol–water partition coefficient (Wildman–Crippen LogP) is 1.81. The monoisotopic (exact) mass is 482 g/mol. The number of anilines is 2. The number of likely N-dealkylation sites (N-methyl/N-ethyl adjacent to an activating group) is 1. The van der Waals surface area contributed by atoms with E-state index in [2.05, 4.69) is 51.9 Å². The fraction of sp³-hybridized carbons (Fsp3) is 0.560. The molecular weight excluding hydrogens is 444 g/mol. The molecular formula is C25H38N8O2. The van der Waals surface area contributed by atoms with Crippen LogP contribution < -0.4 is 15.4 Å². The molecule has 190 valence electrons. The van der Waals surface area contributed by atoms with E-state index in [4.69, 9.17) is 15.6 Å². The van der Waals surface area contributed by atoms with Crippen LogP contribution in [0, 0.1) is 0 Å². The van der Waals surface area contributed by atoms with Crippen LogP contribution in [0.2, 0.25) is 0 Å². The Labute approximate surface area is 207 Å². The van der Waals surface area contributed by atoms with Crippen molar-refractivity contribution in [2.24, 2.45) is 0 Å². The van der Waals surface area contributed by atoms with E-state index in [0.717, 1.165) is 63.4 Å². The molecule has 4 rings (SSSR count). The number of nitrogen functional groups attached to an aromatic ring is 1. The zero-order valence-electron chi connectivity index (χ0n) is 21.2. The summed E-state index contributed by atoms with van der Waals surface area (Å²) in [5.41, 5.74) is 9.69. The molecule has 0 spiro atoms. The summed E-state index contributed by atoms with van der Waals surface area (Å²) in [6.07, 6.45) is 3.93. The number of aliphatic hydroxyl groups excluding tert-OH is 1. The van der Waals surface area contributed by atoms with Gasteiger partial charge in [-0.1, -0.05) is 25.5 Å². The lowest BCUT2D eigenvalue weighted by atomic mass is 10.1. The van der Waals surface area contributed by atoms with Crippen LogP contribution in [0.3, 0.4) is 0 Å². The van der Waals surface area contributed by atoms with Crippen LogP contribution in [0.5, 0.6) is 5.75 Å². The average Bonchev–Trinajstić information content (AvgIpc) is 3.25. The quantitative estimate of drug-likeness (QED) is 0.423. The second kappa shape index (κ2) is 11.7. The van der Waals surface area contributed by atoms with Crippen LogP contribution in [0.4, 0.5) is 11.8 Å². The molecule has 0 radical (unpaired) electrons. The minimum absolute atomic E-state index is 0.0352. The summed E-state index contributed by atoms with van der Waals surface area (Å²) in [7, 11) is 3.88. The first kappa shape index (κ1) is 25.2. The summed E-state index contributed by atoms with van der Waals surface area (Å²) in [5, 5.41) is 14.4. The topological polar surface area (TPSA) is 109 Å². The number of hydrogen-bond donors (Lipinski definition) is 2. The number of nitrogens with two attached hydrogens (primary N) is 1. The summed E-state index contributed by atoms with van der Waals surface area (Å²) < 4.78 is 7.60. The molecule has 0 atom stereocenters. The number of nitrogens with zero attached hydrogens (tertiary/aromatic N) is 7. The summed E-state index contributed by atoms with van der Waals surface area (Å²) in [6.45, 7) is 9.26. The van der Waals surface area contributed by atoms with Gasteiger partial charge >= 0.3 is 0 Å². The molecule has 3 aromatic rings. The Balaban J connectivity index is 1.56. The van der Waals surface area contributed by atoms with E-state index < -0.39 is 0 Å². The Hall–Kier alpha value is -2.95. The molecule has 10 heteroatoms. The Bertz CT molecular complexity index is 1110. The predicted molar refractivity (Wildman–Crippen MR) is 139 cm³/mol. The molecule has 1 aliphatic heterocycles. The van der Waals surface area contributed by atoms with E-state index in [0.29, 0.717) is 29.9 Å². The lowest BCUT2D eigenvalue weighted by molar-refractivity contribution is 0.148. The highest BCUT2D eigenvalue weighted by Gasteiger charge is 2.18. The van der Waals surface area contributed by atoms with Crippen LogP contribution >= 0.6 is 0 Å². The van der Waals surface area contributed by atoms with Gasteiger partial charge in [-0.25, -0.2) is 4.98 Å². The Morgan fingerprint density at radius 3 is 2.63 bits per heavy atom. The number of hydrogen-bond acceptors (Lipinski definition) is 9. The first-order chi connectivity index (χ1) is 17.0. The molecule has 0 unspecified atom stereocenters. The second-order valence-corrected chi connectivity index (χ2v) is 9.26. The minimum atomic E-state index is 0.0352. The van der Waals surface area contributed by atoms with Crippen molar-refractivity contribution in [1.82, 2.24) is 29.5 Å². The molecule has 1 saturated heterocycles. The lowest BCUT2D eigenvalue weighted by Crippen LogP contribution is -2.43. The number of aliphatic hydroxyl groups is 1. The standard InChI is InChI=1S/C25H38N8O2/c1-4-5-8-32(13-14-34)24-23-21(27-25(26)28-24)18-33(29-23)17-20-7-6-19(15-22(20)35-3)16-31-11-9-30(2)10-12-31/h6-7,15,18,34H,4-5,8-14,16-17H2,1-3H3,(H2,26,27). The van der Waals surface area contributed by atoms with Crippen molar-refractivity contribution < 1.29 is 9.84 Å². The maximum Gasteiger partial charge on any atom is 0.222 e. The third kappa shape index (κ3) is 6.19. The van der Waals surface area contributed by atoms with Crippen molar-refractivity contribution in [2.45, 2.75) is 32.9 Å². The largest absolute Gasteiger partial charge is 0.496 e. The van der Waals surface area contributed by atoms with Crippen molar-refractivity contribution in [3.8, 4) is 5.75 Å². The smallest absolute Gasteiger partial charge is 0.222 e. The van der Waals surface area contributed by atoms with E-state index >= 15 is 0 Å². The molecule has 2 aromatic heterocycles. The summed E-state index contributed by atoms with van der Waals surface area (Å²) in [4.78, 5) is 15.8. The average molecular weight is 483 g/mol. The van der Waals surface area contributed by atoms with Gasteiger partial charge in [-0.05, 0) is 25.1 Å². The molecule has 0 amide bonds. The molecule has 3 N–H and O–H groups in total. The van der Waals surface area contributed by atoms with E-state index in [-0.39, 0.29) is 12.6 Å². The third-order valence-electron chi connectivity index (χ3n) is 6.55. The molecule has 0 aliphatic carbocycles. The zero-order chi connectivity index (χ0) is 24.8. The van der Waals surface area contributed by atoms with Crippen LogP contribution in [-0.2, 0) is 13.1 Å². The van der Waals surface area contributed by atoms with Crippen molar-refractivity contribution in [1.29, 1.82) is 0 Å².